The molecule has 2 unspecified atom stereocenters. The summed E-state index contributed by atoms with van der Waals surface area (Å²) in [6.45, 7) is 7.24. The van der Waals surface area contributed by atoms with Crippen molar-refractivity contribution in [1.29, 1.82) is 0 Å². The highest BCUT2D eigenvalue weighted by Gasteiger charge is 2.24. The van der Waals surface area contributed by atoms with Gasteiger partial charge in [-0.3, -0.25) is 0 Å². The zero-order valence-electron chi connectivity index (χ0n) is 12.9. The molecule has 18 heavy (non-hydrogen) atoms. The molecule has 1 aliphatic rings. The molecule has 2 atom stereocenters. The van der Waals surface area contributed by atoms with E-state index in [1.165, 1.54) is 58.3 Å². The van der Waals surface area contributed by atoms with Gasteiger partial charge in [0.05, 0.1) is 0 Å². The van der Waals surface area contributed by atoms with Crippen LogP contribution in [-0.4, -0.2) is 63.2 Å². The summed E-state index contributed by atoms with van der Waals surface area (Å²) in [4.78, 5) is 4.93. The fourth-order valence-electron chi connectivity index (χ4n) is 3.13. The van der Waals surface area contributed by atoms with Gasteiger partial charge in [0.2, 0.25) is 0 Å². The van der Waals surface area contributed by atoms with Gasteiger partial charge in [-0.25, -0.2) is 0 Å². The van der Waals surface area contributed by atoms with Gasteiger partial charge in [-0.2, -0.15) is 0 Å². The van der Waals surface area contributed by atoms with Crippen LogP contribution in [-0.2, 0) is 0 Å². The van der Waals surface area contributed by atoms with Crippen LogP contribution < -0.4 is 5.32 Å². The zero-order chi connectivity index (χ0) is 13.4. The van der Waals surface area contributed by atoms with Crippen molar-refractivity contribution in [2.45, 2.75) is 45.1 Å². The number of nitrogens with zero attached hydrogens (tertiary/aromatic N) is 2. The van der Waals surface area contributed by atoms with Crippen molar-refractivity contribution in [3.63, 3.8) is 0 Å². The van der Waals surface area contributed by atoms with E-state index in [-0.39, 0.29) is 0 Å². The summed E-state index contributed by atoms with van der Waals surface area (Å²) in [6.07, 6.45) is 6.91. The van der Waals surface area contributed by atoms with E-state index in [4.69, 9.17) is 0 Å². The summed E-state index contributed by atoms with van der Waals surface area (Å²) in [7, 11) is 6.45. The molecule has 1 N–H and O–H groups in total. The molecule has 1 saturated carbocycles. The Bertz CT molecular complexity index is 206. The zero-order valence-corrected chi connectivity index (χ0v) is 12.9. The Kier molecular flexibility index (Phi) is 7.87. The van der Waals surface area contributed by atoms with E-state index < -0.39 is 0 Å². The lowest BCUT2D eigenvalue weighted by molar-refractivity contribution is 0.172. The van der Waals surface area contributed by atoms with Gasteiger partial charge in [0.1, 0.15) is 0 Å². The van der Waals surface area contributed by atoms with E-state index in [0.29, 0.717) is 0 Å². The first-order valence-electron chi connectivity index (χ1n) is 7.71. The van der Waals surface area contributed by atoms with E-state index >= 15 is 0 Å². The molecule has 0 spiro atoms. The molecule has 0 heterocycles. The molecule has 1 rings (SSSR count). The summed E-state index contributed by atoms with van der Waals surface area (Å²) in [5, 5.41) is 3.52. The Balaban J connectivity index is 2.31. The fraction of sp³-hybridized carbons (Fsp3) is 1.00. The van der Waals surface area contributed by atoms with Crippen LogP contribution in [0.5, 0.6) is 0 Å². The molecule has 0 aromatic rings. The van der Waals surface area contributed by atoms with Crippen LogP contribution in [0.1, 0.15) is 39.0 Å². The first-order chi connectivity index (χ1) is 8.67. The van der Waals surface area contributed by atoms with E-state index in [1.54, 1.807) is 0 Å². The van der Waals surface area contributed by atoms with Crippen LogP contribution >= 0.6 is 0 Å². The molecule has 1 aliphatic carbocycles. The van der Waals surface area contributed by atoms with Crippen molar-refractivity contribution in [2.75, 3.05) is 47.3 Å². The molecule has 0 aromatic carbocycles. The number of hydrogen-bond donors (Lipinski definition) is 1. The Morgan fingerprint density at radius 2 is 1.83 bits per heavy atom. The summed E-state index contributed by atoms with van der Waals surface area (Å²) < 4.78 is 0. The van der Waals surface area contributed by atoms with Crippen LogP contribution in [0, 0.1) is 5.92 Å². The number of rotatable bonds is 8. The molecular weight excluding hydrogens is 222 g/mol. The molecule has 1 fully saturated rings. The molecule has 108 valence electrons. The van der Waals surface area contributed by atoms with Crippen molar-refractivity contribution in [3.8, 4) is 0 Å². The second-order valence-corrected chi connectivity index (χ2v) is 5.99. The maximum Gasteiger partial charge on any atom is 0.0104 e. The average molecular weight is 255 g/mol. The molecule has 0 amide bonds. The molecule has 0 bridgehead atoms. The van der Waals surface area contributed by atoms with Gasteiger partial charge in [-0.1, -0.05) is 19.8 Å². The minimum atomic E-state index is 0.752. The Labute approximate surface area is 114 Å². The summed E-state index contributed by atoms with van der Waals surface area (Å²) in [6, 6.07) is 0.752. The van der Waals surface area contributed by atoms with Crippen LogP contribution in [0.15, 0.2) is 0 Å². The van der Waals surface area contributed by atoms with Gasteiger partial charge in [0, 0.05) is 12.6 Å². The van der Waals surface area contributed by atoms with Gasteiger partial charge in [0.15, 0.2) is 0 Å². The highest BCUT2D eigenvalue weighted by molar-refractivity contribution is 4.82. The maximum absolute atomic E-state index is 3.52. The lowest BCUT2D eigenvalue weighted by Crippen LogP contribution is -2.43. The molecule has 3 heteroatoms. The Morgan fingerprint density at radius 1 is 1.11 bits per heavy atom. The molecule has 0 saturated heterocycles. The third-order valence-corrected chi connectivity index (χ3v) is 4.30. The minimum absolute atomic E-state index is 0.752. The first-order valence-corrected chi connectivity index (χ1v) is 7.71. The van der Waals surface area contributed by atoms with Crippen molar-refractivity contribution < 1.29 is 0 Å². The van der Waals surface area contributed by atoms with Crippen molar-refractivity contribution in [1.82, 2.24) is 15.1 Å². The van der Waals surface area contributed by atoms with Crippen LogP contribution in [0.4, 0.5) is 0 Å². The van der Waals surface area contributed by atoms with Crippen molar-refractivity contribution in [2.24, 2.45) is 5.92 Å². The second-order valence-electron chi connectivity index (χ2n) is 5.99. The van der Waals surface area contributed by atoms with Crippen LogP contribution in [0.3, 0.4) is 0 Å². The highest BCUT2D eigenvalue weighted by Crippen LogP contribution is 2.25. The predicted octanol–water partition coefficient (Wildman–Crippen LogP) is 2.04. The SMILES string of the molecule is CCN(CCCN(C)C)CC1CCCCC1NC. The van der Waals surface area contributed by atoms with Gasteiger partial charge >= 0.3 is 0 Å². The lowest BCUT2D eigenvalue weighted by Gasteiger charge is -2.35. The standard InChI is InChI=1S/C15H33N3/c1-5-18(12-8-11-17(3)4)13-14-9-6-7-10-15(14)16-2/h14-16H,5-13H2,1-4H3. The highest BCUT2D eigenvalue weighted by atomic mass is 15.1. The van der Waals surface area contributed by atoms with E-state index in [2.05, 4.69) is 43.2 Å². The van der Waals surface area contributed by atoms with E-state index in [0.717, 1.165) is 12.0 Å². The Morgan fingerprint density at radius 3 is 2.44 bits per heavy atom. The quantitative estimate of drug-likeness (QED) is 0.716. The van der Waals surface area contributed by atoms with Gasteiger partial charge < -0.3 is 15.1 Å². The first kappa shape index (κ1) is 15.9. The van der Waals surface area contributed by atoms with Crippen LogP contribution in [0.2, 0.25) is 0 Å². The van der Waals surface area contributed by atoms with Crippen molar-refractivity contribution in [3.05, 3.63) is 0 Å². The third kappa shape index (κ3) is 5.68. The van der Waals surface area contributed by atoms with E-state index in [9.17, 15) is 0 Å². The predicted molar refractivity (Wildman–Crippen MR) is 80.1 cm³/mol. The number of nitrogens with one attached hydrogen (secondary N) is 1. The van der Waals surface area contributed by atoms with E-state index in [1.807, 2.05) is 0 Å². The van der Waals surface area contributed by atoms with Crippen molar-refractivity contribution >= 4 is 0 Å². The molecule has 0 aliphatic heterocycles. The smallest absolute Gasteiger partial charge is 0.0104 e. The molecule has 3 nitrogen and oxygen atoms in total. The summed E-state index contributed by atoms with van der Waals surface area (Å²) >= 11 is 0. The minimum Gasteiger partial charge on any atom is -0.317 e. The normalized spacial score (nSPS) is 25.0. The largest absolute Gasteiger partial charge is 0.317 e. The van der Waals surface area contributed by atoms with Crippen LogP contribution in [0.25, 0.3) is 0 Å². The summed E-state index contributed by atoms with van der Waals surface area (Å²) in [5.74, 6) is 0.864. The van der Waals surface area contributed by atoms with Gasteiger partial charge in [-0.05, 0) is 66.0 Å². The molecular formula is C15H33N3. The Hall–Kier alpha value is -0.120. The van der Waals surface area contributed by atoms with Gasteiger partial charge in [-0.15, -0.1) is 0 Å². The fourth-order valence-corrected chi connectivity index (χ4v) is 3.13. The third-order valence-electron chi connectivity index (χ3n) is 4.30. The maximum atomic E-state index is 3.52. The lowest BCUT2D eigenvalue weighted by atomic mass is 9.84. The topological polar surface area (TPSA) is 18.5 Å². The summed E-state index contributed by atoms with van der Waals surface area (Å²) in [5.41, 5.74) is 0. The molecule has 0 aromatic heterocycles. The van der Waals surface area contributed by atoms with Gasteiger partial charge in [0.25, 0.3) is 0 Å². The molecule has 0 radical (unpaired) electrons. The second kappa shape index (κ2) is 8.89. The monoisotopic (exact) mass is 255 g/mol. The number of hydrogen-bond acceptors (Lipinski definition) is 3. The average Bonchev–Trinajstić information content (AvgIpc) is 2.37.